The van der Waals surface area contributed by atoms with Gasteiger partial charge >= 0.3 is 11.9 Å². The van der Waals surface area contributed by atoms with Crippen LogP contribution < -0.4 is 0 Å². The van der Waals surface area contributed by atoms with E-state index in [1.54, 1.807) is 62.4 Å². The Morgan fingerprint density at radius 1 is 0.692 bits per heavy atom. The monoisotopic (exact) mass is 352 g/mol. The molecule has 6 heteroatoms. The van der Waals surface area contributed by atoms with Crippen LogP contribution in [0.2, 0.25) is 0 Å². The summed E-state index contributed by atoms with van der Waals surface area (Å²) in [5.74, 6) is -1.22. The summed E-state index contributed by atoms with van der Waals surface area (Å²) >= 11 is 0. The van der Waals surface area contributed by atoms with Crippen LogP contribution in [0.5, 0.6) is 0 Å². The fourth-order valence-corrected chi connectivity index (χ4v) is 2.12. The van der Waals surface area contributed by atoms with E-state index in [2.05, 4.69) is 10.2 Å². The molecule has 0 aliphatic carbocycles. The van der Waals surface area contributed by atoms with E-state index in [9.17, 15) is 9.59 Å². The summed E-state index contributed by atoms with van der Waals surface area (Å²) in [7, 11) is 0. The second kappa shape index (κ2) is 9.88. The van der Waals surface area contributed by atoms with Crippen molar-refractivity contribution in [2.24, 2.45) is 10.2 Å². The number of carbonyl (C=O) groups is 2. The lowest BCUT2D eigenvalue weighted by atomic mass is 10.1. The lowest BCUT2D eigenvalue weighted by Crippen LogP contribution is -2.21. The van der Waals surface area contributed by atoms with Crippen molar-refractivity contribution in [2.75, 3.05) is 13.2 Å². The standard InChI is InChI=1S/C20H20N2O4/c1-3-25-19(23)17(15-11-7-5-8-12-15)21-22-18(20(24)26-4-2)16-13-9-6-10-14-16/h5-14H,3-4H2,1-2H3/b21-17+,22-18+. The van der Waals surface area contributed by atoms with Gasteiger partial charge in [-0.3, -0.25) is 0 Å². The molecular formula is C20H20N2O4. The number of rotatable bonds is 7. The van der Waals surface area contributed by atoms with Crippen molar-refractivity contribution in [3.63, 3.8) is 0 Å². The minimum absolute atomic E-state index is 0.0187. The van der Waals surface area contributed by atoms with Gasteiger partial charge in [0, 0.05) is 11.1 Å². The van der Waals surface area contributed by atoms with Crippen LogP contribution >= 0.6 is 0 Å². The van der Waals surface area contributed by atoms with Crippen LogP contribution in [-0.2, 0) is 19.1 Å². The molecule has 0 N–H and O–H groups in total. The predicted molar refractivity (Wildman–Crippen MR) is 99.2 cm³/mol. The molecule has 0 spiro atoms. The highest BCUT2D eigenvalue weighted by molar-refractivity contribution is 6.45. The highest BCUT2D eigenvalue weighted by atomic mass is 16.5. The van der Waals surface area contributed by atoms with Gasteiger partial charge in [-0.25, -0.2) is 9.59 Å². The topological polar surface area (TPSA) is 77.3 Å². The average molecular weight is 352 g/mol. The zero-order valence-corrected chi connectivity index (χ0v) is 14.7. The van der Waals surface area contributed by atoms with Crippen molar-refractivity contribution in [1.82, 2.24) is 0 Å². The van der Waals surface area contributed by atoms with Gasteiger partial charge in [0.2, 0.25) is 0 Å². The summed E-state index contributed by atoms with van der Waals surface area (Å²) in [6.45, 7) is 3.82. The predicted octanol–water partition coefficient (Wildman–Crippen LogP) is 3.01. The van der Waals surface area contributed by atoms with E-state index in [0.717, 1.165) is 0 Å². The van der Waals surface area contributed by atoms with Gasteiger partial charge in [0.1, 0.15) is 0 Å². The first-order chi connectivity index (χ1) is 12.7. The van der Waals surface area contributed by atoms with Gasteiger partial charge in [0.15, 0.2) is 11.4 Å². The Hall–Kier alpha value is -3.28. The molecule has 6 nitrogen and oxygen atoms in total. The molecule has 0 aromatic heterocycles. The molecule has 0 fully saturated rings. The summed E-state index contributed by atoms with van der Waals surface area (Å²) in [5.41, 5.74) is 1.13. The van der Waals surface area contributed by atoms with Gasteiger partial charge in [0.25, 0.3) is 0 Å². The van der Waals surface area contributed by atoms with Gasteiger partial charge in [-0.05, 0) is 13.8 Å². The molecule has 0 radical (unpaired) electrons. The molecule has 0 saturated heterocycles. The fourth-order valence-electron chi connectivity index (χ4n) is 2.12. The maximum absolute atomic E-state index is 12.2. The first-order valence-corrected chi connectivity index (χ1v) is 8.28. The van der Waals surface area contributed by atoms with E-state index in [1.165, 1.54) is 0 Å². The summed E-state index contributed by atoms with van der Waals surface area (Å²) < 4.78 is 10.1. The first-order valence-electron chi connectivity index (χ1n) is 8.28. The van der Waals surface area contributed by atoms with Crippen LogP contribution in [0.4, 0.5) is 0 Å². The molecule has 26 heavy (non-hydrogen) atoms. The number of ether oxygens (including phenoxy) is 2. The van der Waals surface area contributed by atoms with Crippen molar-refractivity contribution in [3.05, 3.63) is 71.8 Å². The van der Waals surface area contributed by atoms with Crippen LogP contribution in [0, 0.1) is 0 Å². The lowest BCUT2D eigenvalue weighted by Gasteiger charge is -2.06. The van der Waals surface area contributed by atoms with Crippen molar-refractivity contribution < 1.29 is 19.1 Å². The third kappa shape index (κ3) is 5.11. The molecule has 2 rings (SSSR count). The Kier molecular flexibility index (Phi) is 7.24. The molecule has 2 aromatic rings. The number of hydrogen-bond acceptors (Lipinski definition) is 6. The maximum atomic E-state index is 12.2. The van der Waals surface area contributed by atoms with Crippen LogP contribution in [-0.4, -0.2) is 36.6 Å². The number of hydrogen-bond donors (Lipinski definition) is 0. The van der Waals surface area contributed by atoms with Crippen LogP contribution in [0.15, 0.2) is 70.9 Å². The van der Waals surface area contributed by atoms with Crippen LogP contribution in [0.3, 0.4) is 0 Å². The van der Waals surface area contributed by atoms with Crippen LogP contribution in [0.1, 0.15) is 25.0 Å². The third-order valence-electron chi connectivity index (χ3n) is 3.28. The van der Waals surface area contributed by atoms with Gasteiger partial charge in [-0.2, -0.15) is 0 Å². The minimum atomic E-state index is -0.612. The summed E-state index contributed by atoms with van der Waals surface area (Å²) in [6.07, 6.45) is 0. The highest BCUT2D eigenvalue weighted by Gasteiger charge is 2.18. The largest absolute Gasteiger partial charge is 0.461 e. The SMILES string of the molecule is CCOC(=O)/C(=N/N=C(/C(=O)OCC)c1ccccc1)c1ccccc1. The van der Waals surface area contributed by atoms with E-state index in [4.69, 9.17) is 9.47 Å². The van der Waals surface area contributed by atoms with Crippen molar-refractivity contribution >= 4 is 23.4 Å². The van der Waals surface area contributed by atoms with Crippen LogP contribution in [0.25, 0.3) is 0 Å². The van der Waals surface area contributed by atoms with E-state index in [1.807, 2.05) is 12.1 Å². The smallest absolute Gasteiger partial charge is 0.359 e. The Bertz CT molecular complexity index is 730. The molecular weight excluding hydrogens is 332 g/mol. The molecule has 0 atom stereocenters. The molecule has 0 bridgehead atoms. The van der Waals surface area contributed by atoms with Crippen molar-refractivity contribution in [1.29, 1.82) is 0 Å². The molecule has 0 aliphatic heterocycles. The molecule has 0 saturated carbocycles. The summed E-state index contributed by atoms with van der Waals surface area (Å²) in [5, 5.41) is 8.04. The molecule has 0 amide bonds. The molecule has 0 heterocycles. The van der Waals surface area contributed by atoms with E-state index in [0.29, 0.717) is 11.1 Å². The molecule has 0 unspecified atom stereocenters. The normalized spacial score (nSPS) is 11.8. The van der Waals surface area contributed by atoms with Gasteiger partial charge in [-0.15, -0.1) is 10.2 Å². The Balaban J connectivity index is 2.49. The zero-order chi connectivity index (χ0) is 18.8. The molecule has 0 aliphatic rings. The lowest BCUT2D eigenvalue weighted by molar-refractivity contribution is -0.136. The quantitative estimate of drug-likeness (QED) is 0.436. The van der Waals surface area contributed by atoms with Crippen molar-refractivity contribution in [3.8, 4) is 0 Å². The molecule has 134 valence electrons. The van der Waals surface area contributed by atoms with E-state index in [-0.39, 0.29) is 24.6 Å². The third-order valence-corrected chi connectivity index (χ3v) is 3.28. The minimum Gasteiger partial charge on any atom is -0.461 e. The highest BCUT2D eigenvalue weighted by Crippen LogP contribution is 2.07. The Labute approximate surface area is 152 Å². The average Bonchev–Trinajstić information content (AvgIpc) is 2.67. The number of nitrogens with zero attached hydrogens (tertiary/aromatic N) is 2. The maximum Gasteiger partial charge on any atom is 0.359 e. The molecule has 2 aromatic carbocycles. The summed E-state index contributed by atoms with van der Waals surface area (Å²) in [4.78, 5) is 24.5. The second-order valence-corrected chi connectivity index (χ2v) is 5.07. The number of carbonyl (C=O) groups excluding carboxylic acids is 2. The fraction of sp³-hybridized carbons (Fsp3) is 0.200. The Morgan fingerprint density at radius 3 is 1.35 bits per heavy atom. The number of esters is 2. The van der Waals surface area contributed by atoms with Gasteiger partial charge < -0.3 is 9.47 Å². The zero-order valence-electron chi connectivity index (χ0n) is 14.7. The van der Waals surface area contributed by atoms with E-state index >= 15 is 0 Å². The van der Waals surface area contributed by atoms with Gasteiger partial charge in [0.05, 0.1) is 13.2 Å². The van der Waals surface area contributed by atoms with E-state index < -0.39 is 11.9 Å². The second-order valence-electron chi connectivity index (χ2n) is 5.07. The number of benzene rings is 2. The first kappa shape index (κ1) is 19.1. The van der Waals surface area contributed by atoms with Gasteiger partial charge in [-0.1, -0.05) is 60.7 Å². The summed E-state index contributed by atoms with van der Waals surface area (Å²) in [6, 6.07) is 17.6. The van der Waals surface area contributed by atoms with Crippen molar-refractivity contribution in [2.45, 2.75) is 13.8 Å². The Morgan fingerprint density at radius 2 is 1.04 bits per heavy atom.